The SMILES string of the molecule is O=C(NC[C@H]1CCC[C@@H](CNC(=O)N[C@@H]2CCCc3ccccc32)C1)N[C@@H]1CCCc2ccccc21. The van der Waals surface area contributed by atoms with E-state index >= 15 is 0 Å². The molecule has 36 heavy (non-hydrogen) atoms. The summed E-state index contributed by atoms with van der Waals surface area (Å²) in [5, 5.41) is 12.7. The Morgan fingerprint density at radius 2 is 1.11 bits per heavy atom. The van der Waals surface area contributed by atoms with E-state index < -0.39 is 0 Å². The first-order valence-electron chi connectivity index (χ1n) is 13.9. The van der Waals surface area contributed by atoms with Gasteiger partial charge >= 0.3 is 12.1 Å². The Labute approximate surface area is 215 Å². The average Bonchev–Trinajstić information content (AvgIpc) is 2.91. The van der Waals surface area contributed by atoms with Crippen LogP contribution in [0.2, 0.25) is 0 Å². The molecule has 0 saturated heterocycles. The molecule has 0 bridgehead atoms. The van der Waals surface area contributed by atoms with Gasteiger partial charge in [0.05, 0.1) is 12.1 Å². The van der Waals surface area contributed by atoms with Crippen LogP contribution in [0.3, 0.4) is 0 Å². The van der Waals surface area contributed by atoms with Gasteiger partial charge in [0.25, 0.3) is 0 Å². The Bertz CT molecular complexity index is 973. The van der Waals surface area contributed by atoms with Gasteiger partial charge in [-0.15, -0.1) is 0 Å². The Morgan fingerprint density at radius 3 is 1.61 bits per heavy atom. The third kappa shape index (κ3) is 6.21. The van der Waals surface area contributed by atoms with Gasteiger partial charge in [0.2, 0.25) is 0 Å². The van der Waals surface area contributed by atoms with E-state index in [0.717, 1.165) is 64.2 Å². The minimum Gasteiger partial charge on any atom is -0.338 e. The summed E-state index contributed by atoms with van der Waals surface area (Å²) in [6.45, 7) is 1.39. The number of rotatable bonds is 6. The van der Waals surface area contributed by atoms with Crippen LogP contribution in [0, 0.1) is 11.8 Å². The molecule has 0 radical (unpaired) electrons. The van der Waals surface area contributed by atoms with Crippen LogP contribution in [0.1, 0.15) is 85.7 Å². The summed E-state index contributed by atoms with van der Waals surface area (Å²) >= 11 is 0. The van der Waals surface area contributed by atoms with Gasteiger partial charge in [0.15, 0.2) is 0 Å². The molecule has 2 aromatic rings. The highest BCUT2D eigenvalue weighted by molar-refractivity contribution is 5.75. The first-order valence-corrected chi connectivity index (χ1v) is 13.9. The molecule has 0 unspecified atom stereocenters. The minimum atomic E-state index is -0.0657. The molecule has 4 N–H and O–H groups in total. The number of hydrogen-bond donors (Lipinski definition) is 4. The number of benzene rings is 2. The lowest BCUT2D eigenvalue weighted by Crippen LogP contribution is -2.43. The van der Waals surface area contributed by atoms with Gasteiger partial charge in [0.1, 0.15) is 0 Å². The van der Waals surface area contributed by atoms with Crippen molar-refractivity contribution in [3.63, 3.8) is 0 Å². The van der Waals surface area contributed by atoms with Crippen molar-refractivity contribution >= 4 is 12.1 Å². The lowest BCUT2D eigenvalue weighted by molar-refractivity contribution is 0.217. The fourth-order valence-corrected chi connectivity index (χ4v) is 6.47. The van der Waals surface area contributed by atoms with E-state index in [1.807, 2.05) is 0 Å². The van der Waals surface area contributed by atoms with Crippen molar-refractivity contribution in [2.75, 3.05) is 13.1 Å². The van der Waals surface area contributed by atoms with Gasteiger partial charge in [-0.2, -0.15) is 0 Å². The second-order valence-corrected chi connectivity index (χ2v) is 10.9. The quantitative estimate of drug-likeness (QED) is 0.430. The number of nitrogens with one attached hydrogen (secondary N) is 4. The summed E-state index contributed by atoms with van der Waals surface area (Å²) in [6, 6.07) is 17.0. The molecule has 6 nitrogen and oxygen atoms in total. The van der Waals surface area contributed by atoms with Crippen LogP contribution in [0.15, 0.2) is 48.5 Å². The molecular formula is C30H40N4O2. The normalized spacial score (nSPS) is 25.1. The Kier molecular flexibility index (Phi) is 8.09. The highest BCUT2D eigenvalue weighted by atomic mass is 16.2. The Morgan fingerprint density at radius 1 is 0.639 bits per heavy atom. The maximum absolute atomic E-state index is 12.6. The summed E-state index contributed by atoms with van der Waals surface area (Å²) < 4.78 is 0. The van der Waals surface area contributed by atoms with Gasteiger partial charge in [-0.3, -0.25) is 0 Å². The molecule has 4 amide bonds. The predicted octanol–water partition coefficient (Wildman–Crippen LogP) is 5.55. The molecule has 2 aromatic carbocycles. The highest BCUT2D eigenvalue weighted by Crippen LogP contribution is 2.31. The van der Waals surface area contributed by atoms with Crippen LogP contribution < -0.4 is 21.3 Å². The average molecular weight is 489 g/mol. The van der Waals surface area contributed by atoms with Crippen LogP contribution in [0.4, 0.5) is 9.59 Å². The van der Waals surface area contributed by atoms with E-state index in [-0.39, 0.29) is 24.1 Å². The molecule has 1 saturated carbocycles. The molecular weight excluding hydrogens is 448 g/mol. The lowest BCUT2D eigenvalue weighted by Gasteiger charge is -2.31. The van der Waals surface area contributed by atoms with Crippen molar-refractivity contribution in [1.29, 1.82) is 0 Å². The third-order valence-corrected chi connectivity index (χ3v) is 8.34. The van der Waals surface area contributed by atoms with E-state index in [4.69, 9.17) is 0 Å². The summed E-state index contributed by atoms with van der Waals surface area (Å²) in [5.74, 6) is 0.923. The summed E-state index contributed by atoms with van der Waals surface area (Å²) in [4.78, 5) is 25.3. The molecule has 192 valence electrons. The molecule has 3 aliphatic carbocycles. The van der Waals surface area contributed by atoms with Gasteiger partial charge in [-0.05, 0) is 91.9 Å². The van der Waals surface area contributed by atoms with Gasteiger partial charge in [-0.25, -0.2) is 9.59 Å². The van der Waals surface area contributed by atoms with Crippen LogP contribution in [0.25, 0.3) is 0 Å². The van der Waals surface area contributed by atoms with Crippen molar-refractivity contribution in [3.8, 4) is 0 Å². The van der Waals surface area contributed by atoms with E-state index in [1.165, 1.54) is 22.3 Å². The molecule has 0 heterocycles. The molecule has 6 heteroatoms. The zero-order chi connectivity index (χ0) is 24.7. The Balaban J connectivity index is 1.03. The zero-order valence-electron chi connectivity index (χ0n) is 21.2. The number of urea groups is 2. The van der Waals surface area contributed by atoms with Crippen molar-refractivity contribution in [3.05, 3.63) is 70.8 Å². The fraction of sp³-hybridized carbons (Fsp3) is 0.533. The first-order chi connectivity index (χ1) is 17.7. The Hall–Kier alpha value is -3.02. The van der Waals surface area contributed by atoms with Crippen LogP contribution in [-0.2, 0) is 12.8 Å². The second-order valence-electron chi connectivity index (χ2n) is 10.9. The van der Waals surface area contributed by atoms with Gasteiger partial charge in [-0.1, -0.05) is 55.0 Å². The summed E-state index contributed by atoms with van der Waals surface area (Å²) in [6.07, 6.45) is 10.9. The van der Waals surface area contributed by atoms with Crippen molar-refractivity contribution < 1.29 is 9.59 Å². The van der Waals surface area contributed by atoms with Crippen LogP contribution >= 0.6 is 0 Å². The summed E-state index contributed by atoms with van der Waals surface area (Å²) in [7, 11) is 0. The van der Waals surface area contributed by atoms with E-state index in [9.17, 15) is 9.59 Å². The monoisotopic (exact) mass is 488 g/mol. The molecule has 4 atom stereocenters. The van der Waals surface area contributed by atoms with E-state index in [0.29, 0.717) is 24.9 Å². The maximum Gasteiger partial charge on any atom is 0.315 e. The maximum atomic E-state index is 12.6. The second kappa shape index (κ2) is 11.8. The number of fused-ring (bicyclic) bond motifs is 2. The van der Waals surface area contributed by atoms with Crippen molar-refractivity contribution in [2.45, 2.75) is 76.3 Å². The van der Waals surface area contributed by atoms with Crippen molar-refractivity contribution in [2.24, 2.45) is 11.8 Å². The van der Waals surface area contributed by atoms with Gasteiger partial charge < -0.3 is 21.3 Å². The van der Waals surface area contributed by atoms with Gasteiger partial charge in [0, 0.05) is 13.1 Å². The van der Waals surface area contributed by atoms with E-state index in [1.54, 1.807) is 0 Å². The largest absolute Gasteiger partial charge is 0.338 e. The van der Waals surface area contributed by atoms with Crippen molar-refractivity contribution in [1.82, 2.24) is 21.3 Å². The number of amides is 4. The minimum absolute atomic E-state index is 0.0657. The predicted molar refractivity (Wildman–Crippen MR) is 143 cm³/mol. The third-order valence-electron chi connectivity index (χ3n) is 8.34. The van der Waals surface area contributed by atoms with Crippen LogP contribution in [-0.4, -0.2) is 25.2 Å². The first kappa shape index (κ1) is 24.7. The lowest BCUT2D eigenvalue weighted by atomic mass is 9.81. The molecule has 0 spiro atoms. The van der Waals surface area contributed by atoms with Crippen LogP contribution in [0.5, 0.6) is 0 Å². The highest BCUT2D eigenvalue weighted by Gasteiger charge is 2.26. The topological polar surface area (TPSA) is 82.3 Å². The number of aryl methyl sites for hydroxylation is 2. The molecule has 0 aliphatic heterocycles. The standard InChI is InChI=1S/C30H40N4O2/c35-29(33-27-16-6-12-23-10-1-3-14-25(23)27)31-19-21-8-5-9-22(18-21)20-32-30(36)34-28-17-7-13-24-11-2-4-15-26(24)28/h1-4,10-11,14-15,21-22,27-28H,5-9,12-13,16-20H2,(H2,31,33,35)(H2,32,34,36)/t21-,22+,27-,28-/m1/s1. The number of carbonyl (C=O) groups is 2. The molecule has 5 rings (SSSR count). The molecule has 1 fully saturated rings. The zero-order valence-corrected chi connectivity index (χ0v) is 21.2. The molecule has 3 aliphatic rings. The smallest absolute Gasteiger partial charge is 0.315 e. The number of carbonyl (C=O) groups excluding carboxylic acids is 2. The van der Waals surface area contributed by atoms with E-state index in [2.05, 4.69) is 69.8 Å². The fourth-order valence-electron chi connectivity index (χ4n) is 6.47. The number of hydrogen-bond acceptors (Lipinski definition) is 2. The molecule has 0 aromatic heterocycles. The summed E-state index contributed by atoms with van der Waals surface area (Å²) in [5.41, 5.74) is 5.23.